The number of benzene rings is 7. The van der Waals surface area contributed by atoms with Crippen LogP contribution in [0.5, 0.6) is 0 Å². The zero-order chi connectivity index (χ0) is 40.7. The van der Waals surface area contributed by atoms with Crippen LogP contribution in [-0.2, 0) is 11.8 Å². The number of nitriles is 1. The highest BCUT2D eigenvalue weighted by Gasteiger charge is 2.39. The molecule has 4 nitrogen and oxygen atoms in total. The third-order valence-corrected chi connectivity index (χ3v) is 14.4. The predicted molar refractivity (Wildman–Crippen MR) is 255 cm³/mol. The van der Waals surface area contributed by atoms with Crippen molar-refractivity contribution in [2.24, 2.45) is 0 Å². The maximum Gasteiger partial charge on any atom is 0.101 e. The van der Waals surface area contributed by atoms with Gasteiger partial charge in [-0.3, -0.25) is 0 Å². The van der Waals surface area contributed by atoms with Crippen LogP contribution in [0.3, 0.4) is 0 Å². The molecule has 0 atom stereocenters. The number of aryl methyl sites for hydroxylation is 1. The summed E-state index contributed by atoms with van der Waals surface area (Å²) in [6, 6.07) is 49.6. The number of hydrogen-bond acceptors (Lipinski definition) is 1. The summed E-state index contributed by atoms with van der Waals surface area (Å²) >= 11 is 0. The molecule has 0 amide bonds. The smallest absolute Gasteiger partial charge is 0.101 e. The van der Waals surface area contributed by atoms with Crippen LogP contribution in [0.4, 0.5) is 0 Å². The van der Waals surface area contributed by atoms with Crippen molar-refractivity contribution in [3.05, 3.63) is 185 Å². The second-order valence-electron chi connectivity index (χ2n) is 17.8. The van der Waals surface area contributed by atoms with Crippen LogP contribution in [0.15, 0.2) is 151 Å². The van der Waals surface area contributed by atoms with E-state index in [1.165, 1.54) is 88.0 Å². The Morgan fingerprint density at radius 2 is 1.31 bits per heavy atom. The van der Waals surface area contributed by atoms with Gasteiger partial charge in [-0.2, -0.15) is 5.26 Å². The first kappa shape index (κ1) is 34.5. The molecule has 3 heterocycles. The van der Waals surface area contributed by atoms with E-state index in [1.54, 1.807) is 0 Å². The minimum absolute atomic E-state index is 0.0920. The number of fused-ring (bicyclic) bond motifs is 14. The zero-order valence-electron chi connectivity index (χ0n) is 34.6. The maximum atomic E-state index is 11.3. The second kappa shape index (κ2) is 12.3. The molecule has 0 radical (unpaired) electrons. The summed E-state index contributed by atoms with van der Waals surface area (Å²) in [6.45, 7) is 7.00. The zero-order valence-corrected chi connectivity index (χ0v) is 34.6. The third-order valence-electron chi connectivity index (χ3n) is 14.4. The Morgan fingerprint density at radius 3 is 2.16 bits per heavy atom. The molecule has 0 unspecified atom stereocenters. The van der Waals surface area contributed by atoms with Crippen molar-refractivity contribution in [1.29, 1.82) is 5.26 Å². The minimum atomic E-state index is -0.0920. The number of para-hydroxylation sites is 2. The van der Waals surface area contributed by atoms with E-state index < -0.39 is 0 Å². The van der Waals surface area contributed by atoms with Gasteiger partial charge in [0.1, 0.15) is 6.07 Å². The quantitative estimate of drug-likeness (QED) is 0.176. The van der Waals surface area contributed by atoms with E-state index >= 15 is 0 Å². The van der Waals surface area contributed by atoms with Gasteiger partial charge in [-0.15, -0.1) is 0 Å². The van der Waals surface area contributed by atoms with Crippen LogP contribution < -0.4 is 0 Å². The van der Waals surface area contributed by atoms with Crippen molar-refractivity contribution in [3.63, 3.8) is 0 Å². The van der Waals surface area contributed by atoms with Crippen LogP contribution in [0.2, 0.25) is 0 Å². The summed E-state index contributed by atoms with van der Waals surface area (Å²) in [5.74, 6) is 0. The van der Waals surface area contributed by atoms with Crippen LogP contribution in [0.1, 0.15) is 66.6 Å². The van der Waals surface area contributed by atoms with Gasteiger partial charge < -0.3 is 13.7 Å². The van der Waals surface area contributed by atoms with E-state index in [0.29, 0.717) is 5.56 Å². The van der Waals surface area contributed by atoms with Gasteiger partial charge in [0.15, 0.2) is 0 Å². The number of hydrogen-bond donors (Lipinski definition) is 0. The lowest BCUT2D eigenvalue weighted by molar-refractivity contribution is 0.607. The lowest BCUT2D eigenvalue weighted by Crippen LogP contribution is -2.17. The maximum absolute atomic E-state index is 11.3. The summed E-state index contributed by atoms with van der Waals surface area (Å²) in [6.07, 6.45) is 13.5. The summed E-state index contributed by atoms with van der Waals surface area (Å²) < 4.78 is 7.30. The number of aromatic nitrogens is 3. The third kappa shape index (κ3) is 4.53. The summed E-state index contributed by atoms with van der Waals surface area (Å²) in [5, 5.41) is 19.9. The first-order chi connectivity index (χ1) is 29.9. The molecule has 3 aliphatic rings. The molecule has 0 saturated heterocycles. The van der Waals surface area contributed by atoms with Gasteiger partial charge in [-0.1, -0.05) is 123 Å². The molecule has 0 saturated carbocycles. The molecule has 13 rings (SSSR count). The average molecular weight is 783 g/mol. The van der Waals surface area contributed by atoms with Gasteiger partial charge in [-0.25, -0.2) is 0 Å². The molecular formula is C57H42N4. The minimum Gasteiger partial charge on any atom is -0.313 e. The van der Waals surface area contributed by atoms with Gasteiger partial charge in [0.25, 0.3) is 0 Å². The molecule has 0 N–H and O–H groups in total. The molecule has 7 aromatic carbocycles. The fraction of sp³-hybridized carbons (Fsp3) is 0.140. The molecule has 290 valence electrons. The standard InChI is InChI=1S/C57H42N4/c1-34-30-53(36(33-58)31-52(34)60-49-23-13-9-19-43(49)54-38-15-5-4-14-35(38)24-28-51(54)60)61-50-29-25-37(59-47-21-11-7-16-39(47)40-17-8-12-22-48(40)59)32-44(50)41-26-27-46-55(56(41)61)42-18-6-10-20-45(42)57(46,2)3/h4-9,11,13-19,21,23-32H,10,12,20,22H2,1-3H3. The number of rotatable bonds is 3. The van der Waals surface area contributed by atoms with Gasteiger partial charge in [-0.05, 0) is 109 Å². The number of nitrogens with zero attached hydrogens (tertiary/aromatic N) is 4. The Kier molecular flexibility index (Phi) is 6.99. The molecule has 61 heavy (non-hydrogen) atoms. The fourth-order valence-corrected chi connectivity index (χ4v) is 11.7. The molecule has 10 aromatic rings. The highest BCUT2D eigenvalue weighted by molar-refractivity contribution is 6.21. The Hall–Kier alpha value is -7.35. The Bertz CT molecular complexity index is 3750. The van der Waals surface area contributed by atoms with Crippen LogP contribution in [-0.4, -0.2) is 13.7 Å². The van der Waals surface area contributed by atoms with Crippen molar-refractivity contribution in [2.75, 3.05) is 0 Å². The van der Waals surface area contributed by atoms with Crippen molar-refractivity contribution >= 4 is 76.9 Å². The second-order valence-corrected chi connectivity index (χ2v) is 17.8. The van der Waals surface area contributed by atoms with Gasteiger partial charge in [0, 0.05) is 54.9 Å². The lowest BCUT2D eigenvalue weighted by Gasteiger charge is -2.25. The first-order valence-corrected chi connectivity index (χ1v) is 21.7. The Morgan fingerprint density at radius 1 is 0.590 bits per heavy atom. The summed E-state index contributed by atoms with van der Waals surface area (Å²) in [7, 11) is 0. The van der Waals surface area contributed by atoms with Crippen LogP contribution in [0.25, 0.3) is 94.0 Å². The first-order valence-electron chi connectivity index (χ1n) is 21.7. The normalized spacial score (nSPS) is 15.4. The van der Waals surface area contributed by atoms with E-state index in [0.717, 1.165) is 59.2 Å². The van der Waals surface area contributed by atoms with Crippen molar-refractivity contribution in [2.45, 2.75) is 51.9 Å². The van der Waals surface area contributed by atoms with E-state index in [9.17, 15) is 5.26 Å². The summed E-state index contributed by atoms with van der Waals surface area (Å²) in [5.41, 5.74) is 18.8. The van der Waals surface area contributed by atoms with E-state index in [1.807, 2.05) is 0 Å². The van der Waals surface area contributed by atoms with Gasteiger partial charge >= 0.3 is 0 Å². The van der Waals surface area contributed by atoms with Gasteiger partial charge in [0.2, 0.25) is 0 Å². The van der Waals surface area contributed by atoms with Crippen LogP contribution in [0, 0.1) is 18.3 Å². The highest BCUT2D eigenvalue weighted by Crippen LogP contribution is 2.54. The molecule has 0 bridgehead atoms. The van der Waals surface area contributed by atoms with Gasteiger partial charge in [0.05, 0.1) is 44.5 Å². The Labute approximate surface area is 354 Å². The van der Waals surface area contributed by atoms with Crippen molar-refractivity contribution in [3.8, 4) is 23.1 Å². The predicted octanol–water partition coefficient (Wildman–Crippen LogP) is 14.5. The number of allylic oxidation sites excluding steroid dienone is 5. The molecule has 4 heteroatoms. The SMILES string of the molecule is Cc1cc(-n2c3ccc(-n4c5c(c6ccccc64)C=CCC5)cc3c3ccc4c(c32)C2=C(CCC=C2)C4(C)C)c(C#N)cc1-n1c2ccccc2c2c3ccccc3ccc21. The van der Waals surface area contributed by atoms with E-state index in [2.05, 4.69) is 192 Å². The van der Waals surface area contributed by atoms with Crippen molar-refractivity contribution in [1.82, 2.24) is 13.7 Å². The monoisotopic (exact) mass is 782 g/mol. The molecule has 3 aliphatic carbocycles. The average Bonchev–Trinajstić information content (AvgIpc) is 4.00. The topological polar surface area (TPSA) is 38.6 Å². The fourth-order valence-electron chi connectivity index (χ4n) is 11.7. The molecule has 0 aliphatic heterocycles. The van der Waals surface area contributed by atoms with E-state index in [4.69, 9.17) is 0 Å². The highest BCUT2D eigenvalue weighted by atomic mass is 15.0. The molecular weight excluding hydrogens is 741 g/mol. The lowest BCUT2D eigenvalue weighted by atomic mass is 9.78. The van der Waals surface area contributed by atoms with Crippen molar-refractivity contribution < 1.29 is 0 Å². The van der Waals surface area contributed by atoms with E-state index in [-0.39, 0.29) is 5.41 Å². The Balaban J connectivity index is 1.11. The largest absolute Gasteiger partial charge is 0.313 e. The van der Waals surface area contributed by atoms with Crippen LogP contribution >= 0.6 is 0 Å². The molecule has 0 fully saturated rings. The molecule has 0 spiro atoms. The molecule has 3 aromatic heterocycles. The summed E-state index contributed by atoms with van der Waals surface area (Å²) in [4.78, 5) is 0.